The van der Waals surface area contributed by atoms with Gasteiger partial charge in [-0.25, -0.2) is 0 Å². The maximum absolute atomic E-state index is 11.2. The zero-order valence-electron chi connectivity index (χ0n) is 10.9. The first-order valence-electron chi connectivity index (χ1n) is 6.04. The Morgan fingerprint density at radius 3 is 2.67 bits per heavy atom. The highest BCUT2D eigenvalue weighted by molar-refractivity contribution is 9.10. The van der Waals surface area contributed by atoms with E-state index in [4.69, 9.17) is 5.73 Å². The van der Waals surface area contributed by atoms with Gasteiger partial charge < -0.3 is 11.1 Å². The SMILES string of the molecule is NC(=O)c1ccc([N+](=O)[O-])c(NCc2cccc(Br)c2)c1. The van der Waals surface area contributed by atoms with Crippen LogP contribution in [0.15, 0.2) is 46.9 Å². The summed E-state index contributed by atoms with van der Waals surface area (Å²) in [4.78, 5) is 21.7. The fourth-order valence-corrected chi connectivity index (χ4v) is 2.28. The third-order valence-electron chi connectivity index (χ3n) is 2.85. The fraction of sp³-hybridized carbons (Fsp3) is 0.0714. The summed E-state index contributed by atoms with van der Waals surface area (Å²) in [6.45, 7) is 0.391. The fourth-order valence-electron chi connectivity index (χ4n) is 1.83. The number of nitro benzene ring substituents is 1. The summed E-state index contributed by atoms with van der Waals surface area (Å²) in [7, 11) is 0. The maximum Gasteiger partial charge on any atom is 0.292 e. The van der Waals surface area contributed by atoms with Crippen LogP contribution in [0, 0.1) is 10.1 Å². The van der Waals surface area contributed by atoms with Crippen molar-refractivity contribution in [3.05, 3.63) is 68.2 Å². The van der Waals surface area contributed by atoms with Crippen LogP contribution in [0.2, 0.25) is 0 Å². The zero-order valence-corrected chi connectivity index (χ0v) is 12.5. The molecule has 0 fully saturated rings. The molecule has 1 amide bonds. The molecule has 108 valence electrons. The number of hydrogen-bond donors (Lipinski definition) is 2. The number of anilines is 1. The lowest BCUT2D eigenvalue weighted by molar-refractivity contribution is -0.384. The Morgan fingerprint density at radius 1 is 1.29 bits per heavy atom. The van der Waals surface area contributed by atoms with Crippen molar-refractivity contribution in [3.63, 3.8) is 0 Å². The van der Waals surface area contributed by atoms with Crippen LogP contribution in [0.1, 0.15) is 15.9 Å². The lowest BCUT2D eigenvalue weighted by atomic mass is 10.1. The molecule has 0 unspecified atom stereocenters. The number of amides is 1. The second-order valence-electron chi connectivity index (χ2n) is 4.34. The summed E-state index contributed by atoms with van der Waals surface area (Å²) >= 11 is 3.36. The van der Waals surface area contributed by atoms with Gasteiger partial charge in [0.15, 0.2) is 0 Å². The lowest BCUT2D eigenvalue weighted by Gasteiger charge is -2.08. The lowest BCUT2D eigenvalue weighted by Crippen LogP contribution is -2.12. The van der Waals surface area contributed by atoms with Crippen LogP contribution in [0.3, 0.4) is 0 Å². The third kappa shape index (κ3) is 3.79. The molecule has 0 aliphatic rings. The number of halogens is 1. The summed E-state index contributed by atoms with van der Waals surface area (Å²) in [5, 5.41) is 14.0. The van der Waals surface area contributed by atoms with Crippen molar-refractivity contribution in [2.45, 2.75) is 6.54 Å². The minimum Gasteiger partial charge on any atom is -0.375 e. The standard InChI is InChI=1S/C14H12BrN3O3/c15-11-3-1-2-9(6-11)8-17-12-7-10(14(16)19)4-5-13(12)18(20)21/h1-7,17H,8H2,(H2,16,19). The van der Waals surface area contributed by atoms with Crippen molar-refractivity contribution in [2.75, 3.05) is 5.32 Å². The van der Waals surface area contributed by atoms with Crippen molar-refractivity contribution in [3.8, 4) is 0 Å². The number of nitrogens with one attached hydrogen (secondary N) is 1. The van der Waals surface area contributed by atoms with Gasteiger partial charge in [0.2, 0.25) is 5.91 Å². The molecule has 0 aromatic heterocycles. The Hall–Kier alpha value is -2.41. The largest absolute Gasteiger partial charge is 0.375 e. The van der Waals surface area contributed by atoms with Crippen molar-refractivity contribution in [2.24, 2.45) is 5.73 Å². The number of carbonyl (C=O) groups excluding carboxylic acids is 1. The average molecular weight is 350 g/mol. The highest BCUT2D eigenvalue weighted by atomic mass is 79.9. The van der Waals surface area contributed by atoms with Gasteiger partial charge in [-0.2, -0.15) is 0 Å². The van der Waals surface area contributed by atoms with E-state index in [9.17, 15) is 14.9 Å². The monoisotopic (exact) mass is 349 g/mol. The Morgan fingerprint density at radius 2 is 2.05 bits per heavy atom. The van der Waals surface area contributed by atoms with Gasteiger partial charge >= 0.3 is 0 Å². The van der Waals surface area contributed by atoms with Crippen LogP contribution in [-0.2, 0) is 6.54 Å². The molecule has 7 heteroatoms. The Kier molecular flexibility index (Phi) is 4.54. The van der Waals surface area contributed by atoms with Gasteiger partial charge in [-0.05, 0) is 29.8 Å². The van der Waals surface area contributed by atoms with E-state index in [0.717, 1.165) is 10.0 Å². The molecule has 2 aromatic rings. The topological polar surface area (TPSA) is 98.3 Å². The minimum absolute atomic E-state index is 0.102. The van der Waals surface area contributed by atoms with E-state index in [0.29, 0.717) is 6.54 Å². The molecule has 0 radical (unpaired) electrons. The highest BCUT2D eigenvalue weighted by Crippen LogP contribution is 2.26. The van der Waals surface area contributed by atoms with E-state index in [2.05, 4.69) is 21.2 Å². The van der Waals surface area contributed by atoms with Crippen molar-refractivity contribution in [1.82, 2.24) is 0 Å². The van der Waals surface area contributed by atoms with Gasteiger partial charge in [0.25, 0.3) is 5.69 Å². The van der Waals surface area contributed by atoms with Crippen molar-refractivity contribution >= 4 is 33.2 Å². The number of carbonyl (C=O) groups is 1. The first-order chi connectivity index (χ1) is 9.97. The van der Waals surface area contributed by atoms with E-state index in [1.54, 1.807) is 0 Å². The molecule has 6 nitrogen and oxygen atoms in total. The molecule has 2 aromatic carbocycles. The van der Waals surface area contributed by atoms with Crippen LogP contribution < -0.4 is 11.1 Å². The molecular formula is C14H12BrN3O3. The molecule has 0 heterocycles. The smallest absolute Gasteiger partial charge is 0.292 e. The summed E-state index contributed by atoms with van der Waals surface area (Å²) in [5.74, 6) is -0.629. The van der Waals surface area contributed by atoms with Gasteiger partial charge in [-0.3, -0.25) is 14.9 Å². The number of primary amides is 1. The molecule has 21 heavy (non-hydrogen) atoms. The number of nitrogens with zero attached hydrogens (tertiary/aromatic N) is 1. The Bertz CT molecular complexity index is 704. The number of nitrogens with two attached hydrogens (primary N) is 1. The molecule has 0 aliphatic heterocycles. The van der Waals surface area contributed by atoms with Crippen LogP contribution in [0.4, 0.5) is 11.4 Å². The summed E-state index contributed by atoms with van der Waals surface area (Å²) < 4.78 is 0.919. The number of hydrogen-bond acceptors (Lipinski definition) is 4. The Labute approximate surface area is 129 Å². The molecule has 3 N–H and O–H groups in total. The van der Waals surface area contributed by atoms with E-state index < -0.39 is 10.8 Å². The van der Waals surface area contributed by atoms with Crippen LogP contribution in [-0.4, -0.2) is 10.8 Å². The first-order valence-corrected chi connectivity index (χ1v) is 6.83. The molecule has 0 saturated heterocycles. The second kappa shape index (κ2) is 6.36. The Balaban J connectivity index is 2.26. The van der Waals surface area contributed by atoms with E-state index in [-0.39, 0.29) is 16.9 Å². The number of rotatable bonds is 5. The van der Waals surface area contributed by atoms with Crippen LogP contribution in [0.25, 0.3) is 0 Å². The number of benzene rings is 2. The van der Waals surface area contributed by atoms with E-state index in [1.165, 1.54) is 18.2 Å². The quantitative estimate of drug-likeness (QED) is 0.640. The van der Waals surface area contributed by atoms with Gasteiger partial charge in [0, 0.05) is 22.6 Å². The van der Waals surface area contributed by atoms with E-state index >= 15 is 0 Å². The van der Waals surface area contributed by atoms with Gasteiger partial charge in [-0.15, -0.1) is 0 Å². The predicted molar refractivity (Wildman–Crippen MR) is 83.1 cm³/mol. The van der Waals surface area contributed by atoms with Gasteiger partial charge in [-0.1, -0.05) is 28.1 Å². The van der Waals surface area contributed by atoms with Gasteiger partial charge in [0.1, 0.15) is 5.69 Å². The minimum atomic E-state index is -0.629. The number of nitro groups is 1. The molecule has 0 spiro atoms. The third-order valence-corrected chi connectivity index (χ3v) is 3.34. The molecule has 0 saturated carbocycles. The van der Waals surface area contributed by atoms with Crippen molar-refractivity contribution in [1.29, 1.82) is 0 Å². The summed E-state index contributed by atoms with van der Waals surface area (Å²) in [6, 6.07) is 11.5. The molecule has 0 atom stereocenters. The molecule has 0 bridgehead atoms. The maximum atomic E-state index is 11.2. The molecule has 0 aliphatic carbocycles. The first kappa shape index (κ1) is 15.0. The second-order valence-corrected chi connectivity index (χ2v) is 5.25. The van der Waals surface area contributed by atoms with Crippen LogP contribution in [0.5, 0.6) is 0 Å². The normalized spacial score (nSPS) is 10.1. The predicted octanol–water partition coefficient (Wildman–Crippen LogP) is 3.07. The van der Waals surface area contributed by atoms with E-state index in [1.807, 2.05) is 24.3 Å². The molecular weight excluding hydrogens is 338 g/mol. The average Bonchev–Trinajstić information content (AvgIpc) is 2.44. The summed E-state index contributed by atoms with van der Waals surface area (Å²) in [6.07, 6.45) is 0. The zero-order chi connectivity index (χ0) is 15.4. The van der Waals surface area contributed by atoms with Gasteiger partial charge in [0.05, 0.1) is 4.92 Å². The molecule has 2 rings (SSSR count). The highest BCUT2D eigenvalue weighted by Gasteiger charge is 2.15. The van der Waals surface area contributed by atoms with Crippen LogP contribution >= 0.6 is 15.9 Å². The van der Waals surface area contributed by atoms with Crippen molar-refractivity contribution < 1.29 is 9.72 Å². The summed E-state index contributed by atoms with van der Waals surface area (Å²) in [5.41, 5.74) is 6.52.